The zero-order chi connectivity index (χ0) is 63.1. The number of carbonyl (C=O) groups is 9. The van der Waals surface area contributed by atoms with Crippen LogP contribution in [-0.2, 0) is 56.0 Å². The van der Waals surface area contributed by atoms with E-state index in [4.69, 9.17) is 22.9 Å². The maximum absolute atomic E-state index is 14.7. The molecule has 0 spiro atoms. The van der Waals surface area contributed by atoms with Gasteiger partial charge in [0.05, 0.1) is 6.04 Å². The molecule has 0 saturated heterocycles. The molecular weight excluding hydrogens is 1100 g/mol. The van der Waals surface area contributed by atoms with Crippen LogP contribution in [0.1, 0.15) is 131 Å². The van der Waals surface area contributed by atoms with Crippen molar-refractivity contribution < 1.29 is 53.4 Å². The fraction of sp³-hybridized carbons (Fsp3) is 0.627. The van der Waals surface area contributed by atoms with Gasteiger partial charge < -0.3 is 75.7 Å². The molecule has 0 aromatic heterocycles. The molecule has 0 unspecified atom stereocenters. The zero-order valence-corrected chi connectivity index (χ0v) is 51.4. The Morgan fingerprint density at radius 1 is 0.524 bits per heavy atom. The van der Waals surface area contributed by atoms with Crippen molar-refractivity contribution >= 4 is 70.9 Å². The molecule has 18 N–H and O–H groups in total. The van der Waals surface area contributed by atoms with Gasteiger partial charge in [-0.05, 0) is 130 Å². The Bertz CT molecular complexity index is 2430. The summed E-state index contributed by atoms with van der Waals surface area (Å²) in [6.07, 6.45) is 4.12. The molecule has 2 aromatic rings. The summed E-state index contributed by atoms with van der Waals surface area (Å²) in [6.45, 7) is 14.9. The number of amides is 8. The fourth-order valence-corrected chi connectivity index (χ4v) is 9.51. The molecule has 0 aliphatic carbocycles. The quantitative estimate of drug-likeness (QED) is 0.0256. The van der Waals surface area contributed by atoms with E-state index in [1.807, 2.05) is 47.8 Å². The number of guanidine groups is 1. The van der Waals surface area contributed by atoms with E-state index < -0.39 is 114 Å². The second kappa shape index (κ2) is 38.8. The van der Waals surface area contributed by atoms with Crippen LogP contribution in [0.15, 0.2) is 59.6 Å². The number of aliphatic carboxylic acids is 1. The first-order valence-electron chi connectivity index (χ1n) is 29.2. The van der Waals surface area contributed by atoms with Crippen LogP contribution in [-0.4, -0.2) is 149 Å². The van der Waals surface area contributed by atoms with Crippen molar-refractivity contribution in [1.29, 1.82) is 0 Å². The van der Waals surface area contributed by atoms with Gasteiger partial charge in [-0.1, -0.05) is 104 Å². The number of nitrogens with two attached hydrogens (primary N) is 4. The second-order valence-electron chi connectivity index (χ2n) is 22.7. The van der Waals surface area contributed by atoms with Gasteiger partial charge in [0.25, 0.3) is 0 Å². The van der Waals surface area contributed by atoms with Crippen LogP contribution in [0.25, 0.3) is 0 Å². The summed E-state index contributed by atoms with van der Waals surface area (Å²) >= 11 is 1.43. The van der Waals surface area contributed by atoms with E-state index in [0.29, 0.717) is 42.7 Å². The normalized spacial score (nSPS) is 14.9. The van der Waals surface area contributed by atoms with E-state index in [2.05, 4.69) is 47.5 Å². The number of hydrogen-bond donors (Lipinski definition) is 14. The van der Waals surface area contributed by atoms with Gasteiger partial charge >= 0.3 is 5.97 Å². The smallest absolute Gasteiger partial charge is 0.326 e. The van der Waals surface area contributed by atoms with Crippen LogP contribution in [0, 0.1) is 23.7 Å². The van der Waals surface area contributed by atoms with Gasteiger partial charge in [-0.3, -0.25) is 43.3 Å². The topological polar surface area (TPSA) is 407 Å². The SMILES string of the molecule is CC[C@H](C)[C@H](NC(=O)[C@H](CCCCN)NC(=O)[C@H](CCCN=C(N)N)NC(=O)[C@H](CC(C)C)NC(=O)[C@H](CC(C)C)NC(=O)[C@H](Cc1ccccc1)NC(=O)[C@H](CCSC)NC(=O)[C@H](CC(C)C)NC(=O)[C@@H](N)Cc1ccc(O)cc1)C(=O)O. The molecular formula is C59H97N13O11S. The Hall–Kier alpha value is -6.99. The number of phenolic OH excluding ortho intramolecular Hbond substituents is 1. The lowest BCUT2D eigenvalue weighted by Gasteiger charge is -2.29. The number of aliphatic imine (C=N–C) groups is 1. The highest BCUT2D eigenvalue weighted by atomic mass is 32.2. The van der Waals surface area contributed by atoms with Crippen molar-refractivity contribution in [3.63, 3.8) is 0 Å². The van der Waals surface area contributed by atoms with Gasteiger partial charge in [-0.2, -0.15) is 11.8 Å². The Morgan fingerprint density at radius 3 is 1.37 bits per heavy atom. The molecule has 2 aromatic carbocycles. The van der Waals surface area contributed by atoms with Crippen LogP contribution in [0.2, 0.25) is 0 Å². The summed E-state index contributed by atoms with van der Waals surface area (Å²) in [5.41, 5.74) is 24.5. The summed E-state index contributed by atoms with van der Waals surface area (Å²) in [5, 5.41) is 41.7. The van der Waals surface area contributed by atoms with Crippen molar-refractivity contribution in [2.75, 3.05) is 25.1 Å². The van der Waals surface area contributed by atoms with E-state index in [0.717, 1.165) is 0 Å². The number of unbranched alkanes of at least 4 members (excludes halogenated alkanes) is 1. The number of nitrogens with zero attached hydrogens (tertiary/aromatic N) is 1. The monoisotopic (exact) mass is 1200 g/mol. The number of thioether (sulfide) groups is 1. The van der Waals surface area contributed by atoms with E-state index in [-0.39, 0.29) is 93.8 Å². The number of carboxylic acids is 1. The second-order valence-corrected chi connectivity index (χ2v) is 23.7. The number of benzene rings is 2. The van der Waals surface area contributed by atoms with Crippen molar-refractivity contribution in [3.05, 3.63) is 65.7 Å². The first-order chi connectivity index (χ1) is 39.7. The van der Waals surface area contributed by atoms with Crippen LogP contribution in [0.4, 0.5) is 0 Å². The lowest BCUT2D eigenvalue weighted by molar-refractivity contribution is -0.144. The predicted molar refractivity (Wildman–Crippen MR) is 327 cm³/mol. The van der Waals surface area contributed by atoms with E-state index in [1.54, 1.807) is 56.3 Å². The van der Waals surface area contributed by atoms with Gasteiger partial charge in [0.15, 0.2) is 5.96 Å². The minimum absolute atomic E-state index is 0.0202. The van der Waals surface area contributed by atoms with Gasteiger partial charge in [0, 0.05) is 13.0 Å². The Balaban J connectivity index is 2.50. The van der Waals surface area contributed by atoms with Crippen molar-refractivity contribution in [3.8, 4) is 5.75 Å². The highest BCUT2D eigenvalue weighted by Crippen LogP contribution is 2.16. The summed E-state index contributed by atoms with van der Waals surface area (Å²) < 4.78 is 0. The maximum atomic E-state index is 14.7. The molecule has 0 radical (unpaired) electrons. The molecule has 0 fully saturated rings. The van der Waals surface area contributed by atoms with Crippen LogP contribution in [0.3, 0.4) is 0 Å². The van der Waals surface area contributed by atoms with E-state index in [1.165, 1.54) is 23.9 Å². The molecule has 470 valence electrons. The van der Waals surface area contributed by atoms with E-state index >= 15 is 0 Å². The molecule has 2 rings (SSSR count). The predicted octanol–water partition coefficient (Wildman–Crippen LogP) is 1.59. The number of rotatable bonds is 40. The van der Waals surface area contributed by atoms with Gasteiger partial charge in [-0.25, -0.2) is 4.79 Å². The Labute approximate surface area is 499 Å². The standard InChI is InChI=1S/C59H97N13O11S/c1-10-37(8)49(58(82)83)72-53(77)42(19-14-15-26-60)65-51(75)43(20-16-27-64-59(62)63)66-55(79)46(30-35(4)5)69-56(80)47(31-36(6)7)70-57(81)48(33-38-17-12-11-13-18-38)71-52(76)44(25-28-84-9)67-54(78)45(29-34(2)3)68-50(74)41(61)32-39-21-23-40(73)24-22-39/h11-13,17-18,21-24,34-37,41-49,73H,10,14-16,19-20,25-33,60-61H2,1-9H3,(H,65,75)(H,66,79)(H,67,78)(H,68,74)(H,69,80)(H,70,81)(H,71,76)(H,72,77)(H,82,83)(H4,62,63,64)/t37-,41-,42-,43-,44-,45-,46-,47-,48-,49-/m0/s1. The lowest BCUT2D eigenvalue weighted by Crippen LogP contribution is -2.61. The number of hydrogen-bond acceptors (Lipinski definition) is 14. The van der Waals surface area contributed by atoms with Crippen LogP contribution >= 0.6 is 11.8 Å². The average molecular weight is 1200 g/mol. The summed E-state index contributed by atoms with van der Waals surface area (Å²) in [6, 6.07) is 4.28. The molecule has 0 heterocycles. The number of aromatic hydroxyl groups is 1. The van der Waals surface area contributed by atoms with Gasteiger partial charge in [0.1, 0.15) is 54.1 Å². The Kier molecular flexibility index (Phi) is 33.8. The molecule has 0 aliphatic heterocycles. The lowest BCUT2D eigenvalue weighted by atomic mass is 9.98. The Morgan fingerprint density at radius 2 is 0.929 bits per heavy atom. The molecule has 84 heavy (non-hydrogen) atoms. The molecule has 10 atom stereocenters. The third-order valence-corrected chi connectivity index (χ3v) is 14.5. The number of carbonyl (C=O) groups excluding carboxylic acids is 8. The first kappa shape index (κ1) is 73.1. The van der Waals surface area contributed by atoms with Crippen LogP contribution < -0.4 is 65.5 Å². The van der Waals surface area contributed by atoms with Gasteiger partial charge in [0.2, 0.25) is 47.3 Å². The summed E-state index contributed by atoms with van der Waals surface area (Å²) in [5.74, 6) is -7.44. The highest BCUT2D eigenvalue weighted by Gasteiger charge is 2.36. The molecule has 0 aliphatic rings. The highest BCUT2D eigenvalue weighted by molar-refractivity contribution is 7.98. The average Bonchev–Trinajstić information content (AvgIpc) is 3.50. The number of nitrogens with one attached hydrogen (secondary N) is 8. The minimum atomic E-state index is -1.30. The number of phenols is 1. The third-order valence-electron chi connectivity index (χ3n) is 13.8. The van der Waals surface area contributed by atoms with Crippen molar-refractivity contribution in [1.82, 2.24) is 42.5 Å². The molecule has 0 saturated carbocycles. The molecule has 0 bridgehead atoms. The maximum Gasteiger partial charge on any atom is 0.326 e. The molecule has 8 amide bonds. The van der Waals surface area contributed by atoms with Crippen molar-refractivity contribution in [2.24, 2.45) is 51.6 Å². The third kappa shape index (κ3) is 28.1. The van der Waals surface area contributed by atoms with Gasteiger partial charge in [-0.15, -0.1) is 0 Å². The van der Waals surface area contributed by atoms with Crippen LogP contribution in [0.5, 0.6) is 5.75 Å². The molecule has 24 nitrogen and oxygen atoms in total. The summed E-state index contributed by atoms with van der Waals surface area (Å²) in [4.78, 5) is 130. The molecule has 25 heteroatoms. The first-order valence-corrected chi connectivity index (χ1v) is 30.6. The number of carboxylic acid groups (broad SMARTS) is 1. The van der Waals surface area contributed by atoms with Crippen molar-refractivity contribution in [2.45, 2.75) is 187 Å². The summed E-state index contributed by atoms with van der Waals surface area (Å²) in [7, 11) is 0. The fourth-order valence-electron chi connectivity index (χ4n) is 9.03. The van der Waals surface area contributed by atoms with E-state index in [9.17, 15) is 53.4 Å². The largest absolute Gasteiger partial charge is 0.508 e. The zero-order valence-electron chi connectivity index (χ0n) is 50.5. The minimum Gasteiger partial charge on any atom is -0.508 e.